The molecule has 0 saturated carbocycles. The van der Waals surface area contributed by atoms with Crippen molar-refractivity contribution >= 4 is 23.1 Å². The Morgan fingerprint density at radius 3 is 2.71 bits per heavy atom. The molecule has 0 aromatic heterocycles. The van der Waals surface area contributed by atoms with Crippen LogP contribution in [0, 0.1) is 0 Å². The number of carbonyl (C=O) groups is 1. The number of nitrogens with zero attached hydrogens (tertiary/aromatic N) is 1. The highest BCUT2D eigenvalue weighted by molar-refractivity contribution is 7.80. The van der Waals surface area contributed by atoms with E-state index in [0.29, 0.717) is 11.3 Å². The van der Waals surface area contributed by atoms with E-state index < -0.39 is 0 Å². The number of thiocarbonyl (C=S) groups is 1. The van der Waals surface area contributed by atoms with Crippen molar-refractivity contribution in [2.45, 2.75) is 19.4 Å². The molecule has 3 N–H and O–H groups in total. The van der Waals surface area contributed by atoms with E-state index in [4.69, 9.17) is 22.7 Å². The predicted octanol–water partition coefficient (Wildman–Crippen LogP) is 1.16. The molecule has 1 aromatic carbocycles. The van der Waals surface area contributed by atoms with Gasteiger partial charge in [0.2, 0.25) is 0 Å². The van der Waals surface area contributed by atoms with Gasteiger partial charge < -0.3 is 20.7 Å². The Labute approximate surface area is 131 Å². The minimum absolute atomic E-state index is 0.0497. The number of ether oxygens (including phenoxy) is 1. The van der Waals surface area contributed by atoms with Crippen molar-refractivity contribution in [3.63, 3.8) is 0 Å². The van der Waals surface area contributed by atoms with Crippen LogP contribution in [-0.4, -0.2) is 49.1 Å². The van der Waals surface area contributed by atoms with E-state index in [1.54, 1.807) is 12.1 Å². The maximum absolute atomic E-state index is 11.8. The minimum atomic E-state index is -0.154. The Balaban J connectivity index is 2.45. The van der Waals surface area contributed by atoms with Crippen LogP contribution in [0.1, 0.15) is 18.9 Å². The van der Waals surface area contributed by atoms with Gasteiger partial charge in [-0.3, -0.25) is 4.79 Å². The number of rotatable bonds is 8. The molecule has 0 aliphatic heterocycles. The lowest BCUT2D eigenvalue weighted by Crippen LogP contribution is -2.37. The third-order valence-electron chi connectivity index (χ3n) is 2.93. The van der Waals surface area contributed by atoms with Gasteiger partial charge >= 0.3 is 0 Å². The van der Waals surface area contributed by atoms with Crippen molar-refractivity contribution in [1.82, 2.24) is 10.2 Å². The predicted molar refractivity (Wildman–Crippen MR) is 88.6 cm³/mol. The van der Waals surface area contributed by atoms with Gasteiger partial charge in [-0.2, -0.15) is 0 Å². The summed E-state index contributed by atoms with van der Waals surface area (Å²) in [5.74, 6) is 0.375. The molecule has 0 bridgehead atoms. The quantitative estimate of drug-likeness (QED) is 0.705. The second-order valence-corrected chi connectivity index (χ2v) is 5.65. The van der Waals surface area contributed by atoms with Crippen molar-refractivity contribution in [1.29, 1.82) is 0 Å². The summed E-state index contributed by atoms with van der Waals surface area (Å²) in [6, 6.07) is 7.26. The molecule has 0 aliphatic rings. The maximum Gasteiger partial charge on any atom is 0.258 e. The summed E-state index contributed by atoms with van der Waals surface area (Å²) in [7, 11) is 4.01. The maximum atomic E-state index is 11.8. The molecule has 1 unspecified atom stereocenters. The zero-order valence-electron chi connectivity index (χ0n) is 12.8. The molecule has 0 saturated heterocycles. The lowest BCUT2D eigenvalue weighted by atomic mass is 10.2. The third kappa shape index (κ3) is 6.55. The summed E-state index contributed by atoms with van der Waals surface area (Å²) in [6.07, 6.45) is 0.891. The molecule has 1 amide bonds. The van der Waals surface area contributed by atoms with Gasteiger partial charge in [-0.1, -0.05) is 24.4 Å². The van der Waals surface area contributed by atoms with E-state index in [9.17, 15) is 4.79 Å². The fourth-order valence-corrected chi connectivity index (χ4v) is 1.95. The molecule has 116 valence electrons. The van der Waals surface area contributed by atoms with Crippen molar-refractivity contribution in [2.24, 2.45) is 5.73 Å². The Morgan fingerprint density at radius 1 is 1.43 bits per heavy atom. The number of benzene rings is 1. The van der Waals surface area contributed by atoms with Crippen molar-refractivity contribution in [3.8, 4) is 5.75 Å². The normalized spacial score (nSPS) is 12.0. The Kier molecular flexibility index (Phi) is 7.11. The summed E-state index contributed by atoms with van der Waals surface area (Å²) in [5.41, 5.74) is 6.26. The van der Waals surface area contributed by atoms with E-state index in [1.807, 2.05) is 33.2 Å². The number of amides is 1. The molecule has 0 radical (unpaired) electrons. The van der Waals surface area contributed by atoms with Crippen molar-refractivity contribution in [2.75, 3.05) is 27.2 Å². The van der Waals surface area contributed by atoms with E-state index in [0.717, 1.165) is 13.0 Å². The van der Waals surface area contributed by atoms with Crippen molar-refractivity contribution in [3.05, 3.63) is 29.8 Å². The van der Waals surface area contributed by atoms with Crippen LogP contribution in [0.2, 0.25) is 0 Å². The van der Waals surface area contributed by atoms with Gasteiger partial charge in [0.1, 0.15) is 10.7 Å². The monoisotopic (exact) mass is 309 g/mol. The summed E-state index contributed by atoms with van der Waals surface area (Å²) < 4.78 is 5.50. The lowest BCUT2D eigenvalue weighted by Gasteiger charge is -2.17. The van der Waals surface area contributed by atoms with Gasteiger partial charge in [0, 0.05) is 6.04 Å². The number of nitrogens with one attached hydrogen (secondary N) is 1. The van der Waals surface area contributed by atoms with Gasteiger partial charge in [0.25, 0.3) is 5.91 Å². The van der Waals surface area contributed by atoms with Gasteiger partial charge in [-0.15, -0.1) is 0 Å². The summed E-state index contributed by atoms with van der Waals surface area (Å²) in [4.78, 5) is 14.2. The van der Waals surface area contributed by atoms with Crippen LogP contribution >= 0.6 is 12.2 Å². The molecule has 1 aromatic rings. The zero-order valence-corrected chi connectivity index (χ0v) is 13.6. The molecule has 0 spiro atoms. The fourth-order valence-electron chi connectivity index (χ4n) is 1.78. The van der Waals surface area contributed by atoms with Gasteiger partial charge in [-0.25, -0.2) is 0 Å². The molecule has 1 atom stereocenters. The van der Waals surface area contributed by atoms with Gasteiger partial charge in [-0.05, 0) is 46.1 Å². The highest BCUT2D eigenvalue weighted by atomic mass is 32.1. The molecular formula is C15H23N3O2S. The first kappa shape index (κ1) is 17.4. The van der Waals surface area contributed by atoms with E-state index in [1.165, 1.54) is 0 Å². The second-order valence-electron chi connectivity index (χ2n) is 5.21. The first-order valence-corrected chi connectivity index (χ1v) is 7.26. The minimum Gasteiger partial charge on any atom is -0.483 e. The number of hydrogen-bond acceptors (Lipinski definition) is 4. The Morgan fingerprint density at radius 2 is 2.10 bits per heavy atom. The molecule has 5 nitrogen and oxygen atoms in total. The standard InChI is InChI=1S/C15H23N3O2S/c1-11(8-9-18(2)3)17-14(19)10-20-13-7-5-4-6-12(13)15(16)21/h4-7,11H,8-10H2,1-3H3,(H2,16,21)(H,17,19). The van der Waals surface area contributed by atoms with Crippen LogP contribution in [0.15, 0.2) is 24.3 Å². The number of para-hydroxylation sites is 1. The Hall–Kier alpha value is -1.66. The van der Waals surface area contributed by atoms with Crippen LogP contribution in [0.5, 0.6) is 5.75 Å². The van der Waals surface area contributed by atoms with Crippen LogP contribution in [0.3, 0.4) is 0 Å². The number of hydrogen-bond donors (Lipinski definition) is 2. The average Bonchev–Trinajstić information content (AvgIpc) is 2.43. The molecule has 0 heterocycles. The zero-order chi connectivity index (χ0) is 15.8. The molecule has 0 fully saturated rings. The molecule has 21 heavy (non-hydrogen) atoms. The first-order chi connectivity index (χ1) is 9.90. The third-order valence-corrected chi connectivity index (χ3v) is 3.15. The summed E-state index contributed by atoms with van der Waals surface area (Å²) in [5, 5.41) is 2.90. The lowest BCUT2D eigenvalue weighted by molar-refractivity contribution is -0.123. The summed E-state index contributed by atoms with van der Waals surface area (Å²) in [6.45, 7) is 2.85. The van der Waals surface area contributed by atoms with E-state index in [-0.39, 0.29) is 23.5 Å². The number of carbonyl (C=O) groups excluding carboxylic acids is 1. The van der Waals surface area contributed by atoms with E-state index >= 15 is 0 Å². The smallest absolute Gasteiger partial charge is 0.258 e. The topological polar surface area (TPSA) is 67.6 Å². The Bertz CT molecular complexity index is 492. The van der Waals surface area contributed by atoms with Gasteiger partial charge in [0.05, 0.1) is 5.56 Å². The largest absolute Gasteiger partial charge is 0.483 e. The summed E-state index contributed by atoms with van der Waals surface area (Å²) >= 11 is 4.95. The molecule has 0 aliphatic carbocycles. The fraction of sp³-hybridized carbons (Fsp3) is 0.467. The van der Waals surface area contributed by atoms with Crippen LogP contribution in [0.25, 0.3) is 0 Å². The van der Waals surface area contributed by atoms with Crippen molar-refractivity contribution < 1.29 is 9.53 Å². The van der Waals surface area contributed by atoms with Gasteiger partial charge in [0.15, 0.2) is 6.61 Å². The highest BCUT2D eigenvalue weighted by Gasteiger charge is 2.10. The van der Waals surface area contributed by atoms with E-state index in [2.05, 4.69) is 10.2 Å². The SMILES string of the molecule is CC(CCN(C)C)NC(=O)COc1ccccc1C(N)=S. The number of nitrogens with two attached hydrogens (primary N) is 1. The molecule has 6 heteroatoms. The second kappa shape index (κ2) is 8.59. The molecular weight excluding hydrogens is 286 g/mol. The highest BCUT2D eigenvalue weighted by Crippen LogP contribution is 2.17. The van der Waals surface area contributed by atoms with Crippen LogP contribution in [-0.2, 0) is 4.79 Å². The average molecular weight is 309 g/mol. The molecule has 1 rings (SSSR count). The van der Waals surface area contributed by atoms with Crippen LogP contribution < -0.4 is 15.8 Å². The first-order valence-electron chi connectivity index (χ1n) is 6.86. The van der Waals surface area contributed by atoms with Crippen LogP contribution in [0.4, 0.5) is 0 Å².